The van der Waals surface area contributed by atoms with Crippen LogP contribution in [0.5, 0.6) is 5.75 Å². The summed E-state index contributed by atoms with van der Waals surface area (Å²) in [5, 5.41) is 9.92. The Morgan fingerprint density at radius 2 is 2.15 bits per heavy atom. The van der Waals surface area contributed by atoms with Crippen LogP contribution in [0, 0.1) is 0 Å². The molecule has 1 aromatic rings. The largest absolute Gasteiger partial charge is 0.508 e. The maximum atomic E-state index is 11.5. The van der Waals surface area contributed by atoms with Gasteiger partial charge in [-0.3, -0.25) is 14.5 Å². The second kappa shape index (κ2) is 6.05. The number of hydrogen-bond acceptors (Lipinski definition) is 4. The Kier molecular flexibility index (Phi) is 4.39. The van der Waals surface area contributed by atoms with Crippen molar-refractivity contribution in [3.63, 3.8) is 0 Å². The van der Waals surface area contributed by atoms with Crippen molar-refractivity contribution in [1.29, 1.82) is 0 Å². The van der Waals surface area contributed by atoms with Crippen LogP contribution in [0.3, 0.4) is 0 Å². The zero-order valence-electron chi connectivity index (χ0n) is 11.6. The molecule has 108 valence electrons. The van der Waals surface area contributed by atoms with E-state index in [0.717, 1.165) is 25.8 Å². The number of hydrogen-bond donors (Lipinski definition) is 2. The van der Waals surface area contributed by atoms with Crippen LogP contribution in [0.4, 0.5) is 0 Å². The molecule has 1 aliphatic rings. The van der Waals surface area contributed by atoms with E-state index in [4.69, 9.17) is 5.73 Å². The molecule has 1 fully saturated rings. The van der Waals surface area contributed by atoms with Crippen LogP contribution < -0.4 is 5.73 Å². The number of carbonyl (C=O) groups excluding carboxylic acids is 2. The van der Waals surface area contributed by atoms with Gasteiger partial charge in [-0.1, -0.05) is 6.42 Å². The fourth-order valence-corrected chi connectivity index (χ4v) is 2.65. The Morgan fingerprint density at radius 1 is 1.40 bits per heavy atom. The van der Waals surface area contributed by atoms with E-state index < -0.39 is 0 Å². The molecule has 0 saturated carbocycles. The highest BCUT2D eigenvalue weighted by molar-refractivity contribution is 5.94. The molecule has 5 heteroatoms. The Balaban J connectivity index is 2.21. The van der Waals surface area contributed by atoms with Crippen molar-refractivity contribution in [2.75, 3.05) is 6.54 Å². The third kappa shape index (κ3) is 3.17. The SMILES string of the molecule is CC(=O)c1ccc(O)c(CN2CCCCC2C(N)=O)c1. The van der Waals surface area contributed by atoms with Gasteiger partial charge in [-0.2, -0.15) is 0 Å². The van der Waals surface area contributed by atoms with Crippen molar-refractivity contribution >= 4 is 11.7 Å². The summed E-state index contributed by atoms with van der Waals surface area (Å²) in [7, 11) is 0. The summed E-state index contributed by atoms with van der Waals surface area (Å²) in [6, 6.07) is 4.52. The number of amides is 1. The quantitative estimate of drug-likeness (QED) is 0.815. The molecule has 3 N–H and O–H groups in total. The molecule has 0 aliphatic carbocycles. The first-order valence-electron chi connectivity index (χ1n) is 6.85. The Labute approximate surface area is 118 Å². The summed E-state index contributed by atoms with van der Waals surface area (Å²) in [5.74, 6) is -0.230. The summed E-state index contributed by atoms with van der Waals surface area (Å²) >= 11 is 0. The second-order valence-electron chi connectivity index (χ2n) is 5.28. The maximum Gasteiger partial charge on any atom is 0.234 e. The number of rotatable bonds is 4. The van der Waals surface area contributed by atoms with Crippen LogP contribution >= 0.6 is 0 Å². The number of nitrogens with zero attached hydrogens (tertiary/aromatic N) is 1. The summed E-state index contributed by atoms with van der Waals surface area (Å²) in [5.41, 5.74) is 6.65. The predicted molar refractivity (Wildman–Crippen MR) is 75.4 cm³/mol. The molecule has 0 bridgehead atoms. The lowest BCUT2D eigenvalue weighted by molar-refractivity contribution is -0.124. The molecule has 1 saturated heterocycles. The molecule has 1 aromatic carbocycles. The summed E-state index contributed by atoms with van der Waals surface area (Å²) in [6.07, 6.45) is 2.75. The number of primary amides is 1. The third-order valence-corrected chi connectivity index (χ3v) is 3.80. The number of carbonyl (C=O) groups is 2. The van der Waals surface area contributed by atoms with Gasteiger partial charge < -0.3 is 10.8 Å². The fourth-order valence-electron chi connectivity index (χ4n) is 2.65. The van der Waals surface area contributed by atoms with Crippen molar-refractivity contribution < 1.29 is 14.7 Å². The zero-order chi connectivity index (χ0) is 14.7. The molecule has 0 spiro atoms. The number of benzene rings is 1. The summed E-state index contributed by atoms with van der Waals surface area (Å²) < 4.78 is 0. The summed E-state index contributed by atoms with van der Waals surface area (Å²) in [6.45, 7) is 2.70. The van der Waals surface area contributed by atoms with E-state index in [1.165, 1.54) is 13.0 Å². The van der Waals surface area contributed by atoms with Gasteiger partial charge in [0.2, 0.25) is 5.91 Å². The molecule has 20 heavy (non-hydrogen) atoms. The smallest absolute Gasteiger partial charge is 0.234 e. The molecule has 2 rings (SSSR count). The lowest BCUT2D eigenvalue weighted by atomic mass is 9.99. The van der Waals surface area contributed by atoms with Crippen LogP contribution in [0.25, 0.3) is 0 Å². The monoisotopic (exact) mass is 276 g/mol. The van der Waals surface area contributed by atoms with Crippen LogP contribution in [-0.4, -0.2) is 34.3 Å². The molecule has 1 atom stereocenters. The highest BCUT2D eigenvalue weighted by atomic mass is 16.3. The second-order valence-corrected chi connectivity index (χ2v) is 5.28. The number of Topliss-reactive ketones (excluding diaryl/α,β-unsaturated/α-hetero) is 1. The molecular weight excluding hydrogens is 256 g/mol. The maximum absolute atomic E-state index is 11.5. The summed E-state index contributed by atoms with van der Waals surface area (Å²) in [4.78, 5) is 24.9. The van der Waals surface area contributed by atoms with E-state index >= 15 is 0 Å². The molecule has 0 aromatic heterocycles. The van der Waals surface area contributed by atoms with E-state index in [1.807, 2.05) is 4.90 Å². The molecule has 1 unspecified atom stereocenters. The van der Waals surface area contributed by atoms with Crippen molar-refractivity contribution in [1.82, 2.24) is 4.90 Å². The number of nitrogens with two attached hydrogens (primary N) is 1. The highest BCUT2D eigenvalue weighted by Crippen LogP contribution is 2.25. The molecule has 0 radical (unpaired) electrons. The van der Waals surface area contributed by atoms with Crippen molar-refractivity contribution in [3.8, 4) is 5.75 Å². The van der Waals surface area contributed by atoms with E-state index in [2.05, 4.69) is 0 Å². The normalized spacial score (nSPS) is 19.8. The lowest BCUT2D eigenvalue weighted by Gasteiger charge is -2.33. The number of likely N-dealkylation sites (tertiary alicyclic amines) is 1. The van der Waals surface area contributed by atoms with Gasteiger partial charge in [0.1, 0.15) is 5.75 Å². The molecule has 1 heterocycles. The minimum absolute atomic E-state index is 0.0451. The third-order valence-electron chi connectivity index (χ3n) is 3.80. The first kappa shape index (κ1) is 14.5. The van der Waals surface area contributed by atoms with Crippen LogP contribution in [-0.2, 0) is 11.3 Å². The predicted octanol–water partition coefficient (Wildman–Crippen LogP) is 1.43. The van der Waals surface area contributed by atoms with Gasteiger partial charge in [0.15, 0.2) is 5.78 Å². The van der Waals surface area contributed by atoms with E-state index in [9.17, 15) is 14.7 Å². The minimum atomic E-state index is -0.327. The van der Waals surface area contributed by atoms with Gasteiger partial charge >= 0.3 is 0 Å². The van der Waals surface area contributed by atoms with Crippen LogP contribution in [0.15, 0.2) is 18.2 Å². The first-order chi connectivity index (χ1) is 9.49. The molecule has 1 aliphatic heterocycles. The molecule has 5 nitrogen and oxygen atoms in total. The number of phenolic OH excluding ortho intramolecular Hbond substituents is 1. The number of aromatic hydroxyl groups is 1. The van der Waals surface area contributed by atoms with Crippen LogP contribution in [0.1, 0.15) is 42.1 Å². The van der Waals surface area contributed by atoms with Gasteiger partial charge in [0.05, 0.1) is 6.04 Å². The Bertz CT molecular complexity index is 528. The molecular formula is C15H20N2O3. The first-order valence-corrected chi connectivity index (χ1v) is 6.85. The number of piperidine rings is 1. The van der Waals surface area contributed by atoms with Crippen molar-refractivity contribution in [2.45, 2.75) is 38.8 Å². The number of ketones is 1. The zero-order valence-corrected chi connectivity index (χ0v) is 11.6. The lowest BCUT2D eigenvalue weighted by Crippen LogP contribution is -2.47. The average molecular weight is 276 g/mol. The van der Waals surface area contributed by atoms with Crippen molar-refractivity contribution in [3.05, 3.63) is 29.3 Å². The topological polar surface area (TPSA) is 83.6 Å². The number of phenols is 1. The minimum Gasteiger partial charge on any atom is -0.508 e. The van der Waals surface area contributed by atoms with Crippen LogP contribution in [0.2, 0.25) is 0 Å². The Hall–Kier alpha value is -1.88. The highest BCUT2D eigenvalue weighted by Gasteiger charge is 2.27. The van der Waals surface area contributed by atoms with Crippen molar-refractivity contribution in [2.24, 2.45) is 5.73 Å². The Morgan fingerprint density at radius 3 is 2.80 bits per heavy atom. The van der Waals surface area contributed by atoms with Gasteiger partial charge in [0.25, 0.3) is 0 Å². The fraction of sp³-hybridized carbons (Fsp3) is 0.467. The van der Waals surface area contributed by atoms with Gasteiger partial charge in [0, 0.05) is 17.7 Å². The standard InChI is InChI=1S/C15H20N2O3/c1-10(18)11-5-6-14(19)12(8-11)9-17-7-3-2-4-13(17)15(16)20/h5-6,8,13,19H,2-4,7,9H2,1H3,(H2,16,20). The van der Waals surface area contributed by atoms with E-state index in [-0.39, 0.29) is 23.5 Å². The molecule has 1 amide bonds. The van der Waals surface area contributed by atoms with Gasteiger partial charge in [-0.15, -0.1) is 0 Å². The van der Waals surface area contributed by atoms with E-state index in [0.29, 0.717) is 17.7 Å². The van der Waals surface area contributed by atoms with E-state index in [1.54, 1.807) is 12.1 Å². The van der Waals surface area contributed by atoms with Gasteiger partial charge in [-0.05, 0) is 44.5 Å². The average Bonchev–Trinajstić information content (AvgIpc) is 2.41. The van der Waals surface area contributed by atoms with Gasteiger partial charge in [-0.25, -0.2) is 0 Å².